The molecular weight excluding hydrogens is 456 g/mol. The molecule has 0 aliphatic carbocycles. The lowest BCUT2D eigenvalue weighted by Gasteiger charge is -2.41. The fourth-order valence-corrected chi connectivity index (χ4v) is 8.46. The number of piperazine rings is 1. The summed E-state index contributed by atoms with van der Waals surface area (Å²) in [5.74, 6) is 0.335. The maximum absolute atomic E-state index is 13.2. The normalized spacial score (nSPS) is 26.1. The molecule has 1 N–H and O–H groups in total. The van der Waals surface area contributed by atoms with Crippen molar-refractivity contribution in [3.63, 3.8) is 0 Å². The molecule has 0 bridgehead atoms. The number of nitrogens with zero attached hydrogens (tertiary/aromatic N) is 3. The molecule has 2 saturated heterocycles. The molecule has 0 aromatic heterocycles. The van der Waals surface area contributed by atoms with Crippen molar-refractivity contribution in [2.24, 2.45) is 4.99 Å². The molecule has 5 rings (SSSR count). The molecule has 33 heavy (non-hydrogen) atoms. The third kappa shape index (κ3) is 4.75. The first-order chi connectivity index (χ1) is 15.8. The molecule has 3 heterocycles. The zero-order valence-electron chi connectivity index (χ0n) is 18.8. The van der Waals surface area contributed by atoms with E-state index in [9.17, 15) is 13.2 Å². The number of carbonyl (C=O) groups excluding carboxylic acids is 1. The fourth-order valence-electron chi connectivity index (χ4n) is 4.78. The van der Waals surface area contributed by atoms with Gasteiger partial charge in [-0.25, -0.2) is 8.42 Å². The first-order valence-electron chi connectivity index (χ1n) is 11.2. The summed E-state index contributed by atoms with van der Waals surface area (Å²) in [6, 6.07) is 16.0. The number of nitrogens with one attached hydrogen (secondary N) is 1. The molecule has 3 aliphatic rings. The van der Waals surface area contributed by atoms with Gasteiger partial charge in [0, 0.05) is 47.9 Å². The standard InChI is InChI=1S/C24H28N4O3S2/c1-16-5-3-8-20(11-16)28-10-9-27(13-17(28)2)23(29)18-6-4-7-19(12-18)25-24-26-21-14-33(30,31)15-22(21)32-24/h3-8,11-12,17,21-22H,9-10,13-15H2,1-2H3,(H,25,26)/t17-,21+,22+/m0/s1. The number of benzene rings is 2. The van der Waals surface area contributed by atoms with E-state index in [-0.39, 0.29) is 34.7 Å². The molecule has 7 nitrogen and oxygen atoms in total. The van der Waals surface area contributed by atoms with Crippen LogP contribution in [0.5, 0.6) is 0 Å². The zero-order chi connectivity index (χ0) is 23.2. The van der Waals surface area contributed by atoms with E-state index in [0.717, 1.165) is 17.4 Å². The minimum absolute atomic E-state index is 0.00602. The summed E-state index contributed by atoms with van der Waals surface area (Å²) >= 11 is 1.48. The van der Waals surface area contributed by atoms with E-state index in [0.29, 0.717) is 18.7 Å². The van der Waals surface area contributed by atoms with Crippen LogP contribution in [0.15, 0.2) is 53.5 Å². The van der Waals surface area contributed by atoms with E-state index < -0.39 is 9.84 Å². The molecule has 0 spiro atoms. The number of rotatable bonds is 3. The summed E-state index contributed by atoms with van der Waals surface area (Å²) in [6.07, 6.45) is 0. The van der Waals surface area contributed by atoms with Gasteiger partial charge < -0.3 is 15.1 Å². The van der Waals surface area contributed by atoms with Crippen molar-refractivity contribution in [1.29, 1.82) is 0 Å². The highest BCUT2D eigenvalue weighted by Crippen LogP contribution is 2.34. The molecule has 174 valence electrons. The number of hydrogen-bond donors (Lipinski definition) is 1. The second-order valence-electron chi connectivity index (χ2n) is 9.07. The van der Waals surface area contributed by atoms with Crippen LogP contribution in [-0.4, -0.2) is 72.9 Å². The Kier molecular flexibility index (Phi) is 5.86. The van der Waals surface area contributed by atoms with Gasteiger partial charge in [0.2, 0.25) is 0 Å². The van der Waals surface area contributed by atoms with E-state index in [4.69, 9.17) is 0 Å². The number of aliphatic imine (C=N–C) groups is 1. The quantitative estimate of drug-likeness (QED) is 0.721. The molecule has 0 unspecified atom stereocenters. The van der Waals surface area contributed by atoms with Gasteiger partial charge in [-0.15, -0.1) is 0 Å². The van der Waals surface area contributed by atoms with E-state index in [1.54, 1.807) is 0 Å². The Hall–Kier alpha value is -2.52. The van der Waals surface area contributed by atoms with Crippen LogP contribution < -0.4 is 10.2 Å². The number of aryl methyl sites for hydroxylation is 1. The largest absolute Gasteiger partial charge is 0.365 e. The summed E-state index contributed by atoms with van der Waals surface area (Å²) in [5, 5.41) is 4.00. The summed E-state index contributed by atoms with van der Waals surface area (Å²) in [6.45, 7) is 6.40. The van der Waals surface area contributed by atoms with E-state index in [1.807, 2.05) is 29.2 Å². The Morgan fingerprint density at radius 1 is 1.12 bits per heavy atom. The van der Waals surface area contributed by atoms with Gasteiger partial charge in [0.15, 0.2) is 15.0 Å². The summed E-state index contributed by atoms with van der Waals surface area (Å²) in [4.78, 5) is 22.1. The minimum Gasteiger partial charge on any atom is -0.365 e. The van der Waals surface area contributed by atoms with Crippen molar-refractivity contribution in [3.8, 4) is 0 Å². The van der Waals surface area contributed by atoms with Crippen molar-refractivity contribution in [2.75, 3.05) is 41.4 Å². The number of fused-ring (bicyclic) bond motifs is 1. The SMILES string of the molecule is Cc1cccc(N2CCN(C(=O)c3cccc(NC4=N[C@@H]5CS(=O)(=O)C[C@H]5S4)c3)C[C@@H]2C)c1. The van der Waals surface area contributed by atoms with Gasteiger partial charge in [-0.2, -0.15) is 0 Å². The third-order valence-corrected chi connectivity index (χ3v) is 9.57. The molecular formula is C24H28N4O3S2. The first-order valence-corrected chi connectivity index (χ1v) is 13.9. The lowest BCUT2D eigenvalue weighted by atomic mass is 10.1. The van der Waals surface area contributed by atoms with Crippen LogP contribution in [0, 0.1) is 6.92 Å². The average Bonchev–Trinajstić information content (AvgIpc) is 3.25. The number of amidine groups is 1. The molecule has 0 radical (unpaired) electrons. The van der Waals surface area contributed by atoms with Crippen molar-refractivity contribution < 1.29 is 13.2 Å². The lowest BCUT2D eigenvalue weighted by Crippen LogP contribution is -2.53. The number of thioether (sulfide) groups is 1. The second kappa shape index (κ2) is 8.68. The third-order valence-electron chi connectivity index (χ3n) is 6.43. The van der Waals surface area contributed by atoms with E-state index >= 15 is 0 Å². The van der Waals surface area contributed by atoms with Crippen LogP contribution in [-0.2, 0) is 9.84 Å². The average molecular weight is 485 g/mol. The Labute approximate surface area is 199 Å². The smallest absolute Gasteiger partial charge is 0.254 e. The first kappa shape index (κ1) is 22.3. The highest BCUT2D eigenvalue weighted by Gasteiger charge is 2.42. The molecule has 0 saturated carbocycles. The van der Waals surface area contributed by atoms with Crippen molar-refractivity contribution in [1.82, 2.24) is 4.90 Å². The number of anilines is 2. The maximum Gasteiger partial charge on any atom is 0.254 e. The Bertz CT molecular complexity index is 1210. The molecule has 9 heteroatoms. The van der Waals surface area contributed by atoms with Gasteiger partial charge in [0.05, 0.1) is 17.5 Å². The van der Waals surface area contributed by atoms with Gasteiger partial charge in [-0.05, 0) is 49.7 Å². The van der Waals surface area contributed by atoms with Crippen LogP contribution in [0.4, 0.5) is 11.4 Å². The second-order valence-corrected chi connectivity index (χ2v) is 12.5. The summed E-state index contributed by atoms with van der Waals surface area (Å²) in [7, 11) is -2.97. The number of sulfone groups is 1. The summed E-state index contributed by atoms with van der Waals surface area (Å²) in [5.41, 5.74) is 3.87. The van der Waals surface area contributed by atoms with E-state index in [2.05, 4.69) is 53.3 Å². The van der Waals surface area contributed by atoms with Gasteiger partial charge in [-0.1, -0.05) is 30.0 Å². The van der Waals surface area contributed by atoms with Crippen LogP contribution in [0.3, 0.4) is 0 Å². The predicted molar refractivity (Wildman–Crippen MR) is 135 cm³/mol. The highest BCUT2D eigenvalue weighted by molar-refractivity contribution is 8.15. The number of hydrogen-bond acceptors (Lipinski definition) is 7. The van der Waals surface area contributed by atoms with Gasteiger partial charge in [0.1, 0.15) is 0 Å². The number of carbonyl (C=O) groups is 1. The van der Waals surface area contributed by atoms with Crippen molar-refractivity contribution in [2.45, 2.75) is 31.2 Å². The minimum atomic E-state index is -2.97. The highest BCUT2D eigenvalue weighted by atomic mass is 32.2. The van der Waals surface area contributed by atoms with Gasteiger partial charge in [0.25, 0.3) is 5.91 Å². The predicted octanol–water partition coefficient (Wildman–Crippen LogP) is 3.03. The molecule has 2 aromatic carbocycles. The number of amides is 1. The van der Waals surface area contributed by atoms with Crippen LogP contribution in [0.1, 0.15) is 22.8 Å². The maximum atomic E-state index is 13.2. The van der Waals surface area contributed by atoms with Gasteiger partial charge in [-0.3, -0.25) is 9.79 Å². The van der Waals surface area contributed by atoms with Crippen LogP contribution in [0.2, 0.25) is 0 Å². The lowest BCUT2D eigenvalue weighted by molar-refractivity contribution is 0.0726. The molecule has 2 fully saturated rings. The van der Waals surface area contributed by atoms with E-state index in [1.165, 1.54) is 23.0 Å². The Balaban J connectivity index is 1.24. The Morgan fingerprint density at radius 3 is 2.70 bits per heavy atom. The Morgan fingerprint density at radius 2 is 1.94 bits per heavy atom. The van der Waals surface area contributed by atoms with Crippen LogP contribution >= 0.6 is 11.8 Å². The molecule has 3 aliphatic heterocycles. The van der Waals surface area contributed by atoms with Gasteiger partial charge >= 0.3 is 0 Å². The fraction of sp³-hybridized carbons (Fsp3) is 0.417. The molecule has 3 atom stereocenters. The molecule has 2 aromatic rings. The zero-order valence-corrected chi connectivity index (χ0v) is 20.4. The van der Waals surface area contributed by atoms with Crippen molar-refractivity contribution >= 4 is 44.0 Å². The van der Waals surface area contributed by atoms with Crippen molar-refractivity contribution in [3.05, 3.63) is 59.7 Å². The van der Waals surface area contributed by atoms with Crippen LogP contribution in [0.25, 0.3) is 0 Å². The molecule has 1 amide bonds. The topological polar surface area (TPSA) is 82.1 Å². The monoisotopic (exact) mass is 484 g/mol. The summed E-state index contributed by atoms with van der Waals surface area (Å²) < 4.78 is 23.5.